The van der Waals surface area contributed by atoms with Crippen LogP contribution in [-0.4, -0.2) is 93.3 Å². The van der Waals surface area contributed by atoms with Gasteiger partial charge in [0.2, 0.25) is 5.91 Å². The van der Waals surface area contributed by atoms with Gasteiger partial charge in [-0.1, -0.05) is 72.7 Å². The Hall–Kier alpha value is -6.12. The predicted octanol–water partition coefficient (Wildman–Crippen LogP) is 9.95. The fourth-order valence-corrected chi connectivity index (χ4v) is 10.7. The SMILES string of the molecule is COC(=O)N[C@H](C(=O)N1CCC[C@H]1c1nc2c(C)c([C@H]3CCC(c4ccc5[nH]c([C@@H]6CCCN6C(=O)[C@@H](OC(=O)OC)C(C)C)nc5c4C)N3c3ccc(C(C)(C)C)cc3)ccc2[nH]1)C(C)C. The van der Waals surface area contributed by atoms with E-state index >= 15 is 0 Å². The Morgan fingerprint density at radius 1 is 0.672 bits per heavy atom. The minimum absolute atomic E-state index is 0.00242. The van der Waals surface area contributed by atoms with Gasteiger partial charge in [0.15, 0.2) is 6.10 Å². The van der Waals surface area contributed by atoms with Crippen molar-refractivity contribution in [3.05, 3.63) is 88.0 Å². The molecular formula is C52H68N8O7. The van der Waals surface area contributed by atoms with Crippen LogP contribution in [0.3, 0.4) is 0 Å². The van der Waals surface area contributed by atoms with Gasteiger partial charge in [-0.2, -0.15) is 0 Å². The lowest BCUT2D eigenvalue weighted by molar-refractivity contribution is -0.145. The second-order valence-electron chi connectivity index (χ2n) is 20.4. The second-order valence-corrected chi connectivity index (χ2v) is 20.4. The van der Waals surface area contributed by atoms with Gasteiger partial charge in [-0.05, 0) is 122 Å². The van der Waals surface area contributed by atoms with Crippen molar-refractivity contribution >= 4 is 51.8 Å². The third-order valence-electron chi connectivity index (χ3n) is 14.4. The Kier molecular flexibility index (Phi) is 13.3. The zero-order chi connectivity index (χ0) is 48.1. The van der Waals surface area contributed by atoms with Crippen LogP contribution in [0.4, 0.5) is 15.3 Å². The van der Waals surface area contributed by atoms with Crippen LogP contribution in [-0.2, 0) is 29.2 Å². The number of rotatable bonds is 11. The summed E-state index contributed by atoms with van der Waals surface area (Å²) < 4.78 is 15.0. The number of carbonyl (C=O) groups is 4. The van der Waals surface area contributed by atoms with Crippen molar-refractivity contribution in [2.45, 2.75) is 143 Å². The van der Waals surface area contributed by atoms with Crippen molar-refractivity contribution in [1.82, 2.24) is 35.1 Å². The first kappa shape index (κ1) is 47.4. The maximum absolute atomic E-state index is 14.0. The Morgan fingerprint density at radius 2 is 1.18 bits per heavy atom. The third-order valence-corrected chi connectivity index (χ3v) is 14.4. The molecule has 67 heavy (non-hydrogen) atoms. The first-order valence-corrected chi connectivity index (χ1v) is 24.0. The molecule has 5 aromatic rings. The van der Waals surface area contributed by atoms with E-state index in [0.717, 1.165) is 89.1 Å². The number of aromatic amines is 2. The van der Waals surface area contributed by atoms with E-state index in [-0.39, 0.29) is 53.2 Å². The van der Waals surface area contributed by atoms with E-state index in [2.05, 4.69) is 103 Å². The minimum Gasteiger partial charge on any atom is -0.453 e. The number of nitrogens with one attached hydrogen (secondary N) is 3. The average Bonchev–Trinajstić information content (AvgIpc) is 4.15. The van der Waals surface area contributed by atoms with Crippen molar-refractivity contribution < 1.29 is 33.4 Å². The summed E-state index contributed by atoms with van der Waals surface area (Å²) in [7, 11) is 2.55. The molecule has 2 aromatic heterocycles. The molecular weight excluding hydrogens is 849 g/mol. The summed E-state index contributed by atoms with van der Waals surface area (Å²) in [5.74, 6) is 0.737. The quantitative estimate of drug-likeness (QED) is 0.108. The molecule has 3 aliphatic heterocycles. The fourth-order valence-electron chi connectivity index (χ4n) is 10.7. The number of alkyl carbamates (subject to hydrolysis) is 1. The van der Waals surface area contributed by atoms with Gasteiger partial charge in [-0.25, -0.2) is 19.6 Å². The van der Waals surface area contributed by atoms with Gasteiger partial charge >= 0.3 is 12.2 Å². The molecule has 5 heterocycles. The van der Waals surface area contributed by atoms with E-state index in [0.29, 0.717) is 13.1 Å². The van der Waals surface area contributed by atoms with Crippen LogP contribution in [0.15, 0.2) is 48.5 Å². The molecule has 3 saturated heterocycles. The molecule has 0 bridgehead atoms. The zero-order valence-corrected chi connectivity index (χ0v) is 41.0. The first-order chi connectivity index (χ1) is 31.9. The van der Waals surface area contributed by atoms with E-state index < -0.39 is 24.4 Å². The van der Waals surface area contributed by atoms with E-state index in [1.54, 1.807) is 4.90 Å². The summed E-state index contributed by atoms with van der Waals surface area (Å²) >= 11 is 0. The fraction of sp³-hybridized carbons (Fsp3) is 0.538. The number of aromatic nitrogens is 4. The normalized spacial score (nSPS) is 20.9. The lowest BCUT2D eigenvalue weighted by atomic mass is 9.87. The number of aryl methyl sites for hydroxylation is 2. The smallest absolute Gasteiger partial charge is 0.453 e. The second kappa shape index (κ2) is 18.9. The summed E-state index contributed by atoms with van der Waals surface area (Å²) in [5, 5.41) is 2.75. The molecule has 3 aliphatic rings. The number of imidazole rings is 2. The highest BCUT2D eigenvalue weighted by molar-refractivity contribution is 5.87. The number of hydrogen-bond acceptors (Lipinski definition) is 10. The highest BCUT2D eigenvalue weighted by Gasteiger charge is 2.42. The molecule has 15 heteroatoms. The summed E-state index contributed by atoms with van der Waals surface area (Å²) in [6, 6.07) is 16.6. The van der Waals surface area contributed by atoms with Crippen molar-refractivity contribution in [3.8, 4) is 0 Å². The molecule has 3 aromatic carbocycles. The molecule has 0 saturated carbocycles. The van der Waals surface area contributed by atoms with Crippen molar-refractivity contribution in [3.63, 3.8) is 0 Å². The number of ether oxygens (including phenoxy) is 3. The van der Waals surface area contributed by atoms with Crippen LogP contribution in [0, 0.1) is 25.7 Å². The molecule has 0 aliphatic carbocycles. The average molecular weight is 917 g/mol. The Labute approximate surface area is 393 Å². The largest absolute Gasteiger partial charge is 0.508 e. The van der Waals surface area contributed by atoms with Crippen LogP contribution in [0.25, 0.3) is 22.1 Å². The number of fused-ring (bicyclic) bond motifs is 2. The minimum atomic E-state index is -0.960. The third kappa shape index (κ3) is 9.05. The number of anilines is 1. The first-order valence-electron chi connectivity index (χ1n) is 24.0. The molecule has 3 amide bonds. The molecule has 3 fully saturated rings. The highest BCUT2D eigenvalue weighted by Crippen LogP contribution is 2.50. The van der Waals surface area contributed by atoms with E-state index in [9.17, 15) is 19.2 Å². The molecule has 0 spiro atoms. The number of carbonyl (C=O) groups excluding carboxylic acids is 4. The Morgan fingerprint density at radius 3 is 1.63 bits per heavy atom. The maximum Gasteiger partial charge on any atom is 0.508 e. The van der Waals surface area contributed by atoms with Gasteiger partial charge in [0.25, 0.3) is 5.91 Å². The van der Waals surface area contributed by atoms with Crippen LogP contribution in [0.1, 0.15) is 151 Å². The van der Waals surface area contributed by atoms with E-state index in [1.807, 2.05) is 32.6 Å². The number of amides is 3. The summed E-state index contributed by atoms with van der Waals surface area (Å²) in [5.41, 5.74) is 10.6. The van der Waals surface area contributed by atoms with Gasteiger partial charge in [-0.3, -0.25) is 9.59 Å². The maximum atomic E-state index is 14.0. The van der Waals surface area contributed by atoms with E-state index in [1.165, 1.54) is 30.9 Å². The standard InChI is InChI=1S/C52H68N8O7/c1-28(2)42(57-50(63)65-10)48(61)58-26-12-14-40(58)46-53-36-22-20-34(30(5)43(36)55-46)38-24-25-39(60(38)33-18-16-32(17-19-33)52(7,8)9)35-21-23-37-44(31(35)6)56-47(54-37)41-15-13-27-59(41)49(62)45(29(3)4)67-51(64)66-11/h16-23,28-29,38-42,45H,12-15,24-27H2,1-11H3,(H,53,55)(H,54,56)(H,57,63)/t38-,39?,40+,41+,42+,45+/m1/s1. The van der Waals surface area contributed by atoms with Gasteiger partial charge in [-0.15, -0.1) is 0 Å². The number of H-pyrrole nitrogens is 2. The van der Waals surface area contributed by atoms with Crippen LogP contribution in [0.5, 0.6) is 0 Å². The van der Waals surface area contributed by atoms with Gasteiger partial charge in [0, 0.05) is 18.8 Å². The number of nitrogens with zero attached hydrogens (tertiary/aromatic N) is 5. The van der Waals surface area contributed by atoms with Crippen molar-refractivity contribution in [1.29, 1.82) is 0 Å². The van der Waals surface area contributed by atoms with Crippen molar-refractivity contribution in [2.75, 3.05) is 32.2 Å². The summed E-state index contributed by atoms with van der Waals surface area (Å²) in [4.78, 5) is 76.1. The monoisotopic (exact) mass is 917 g/mol. The molecule has 8 rings (SSSR count). The highest BCUT2D eigenvalue weighted by atomic mass is 16.7. The number of likely N-dealkylation sites (tertiary alicyclic amines) is 2. The predicted molar refractivity (Wildman–Crippen MR) is 258 cm³/mol. The zero-order valence-electron chi connectivity index (χ0n) is 41.0. The topological polar surface area (TPSA) is 175 Å². The molecule has 6 atom stereocenters. The van der Waals surface area contributed by atoms with Gasteiger partial charge in [0.1, 0.15) is 17.7 Å². The van der Waals surface area contributed by atoms with Crippen molar-refractivity contribution in [2.24, 2.45) is 11.8 Å². The van der Waals surface area contributed by atoms with Gasteiger partial charge < -0.3 is 44.2 Å². The lowest BCUT2D eigenvalue weighted by Gasteiger charge is -2.35. The summed E-state index contributed by atoms with van der Waals surface area (Å²) in [6.07, 6.45) is 2.53. The van der Waals surface area contributed by atoms with Crippen LogP contribution < -0.4 is 10.2 Å². The van der Waals surface area contributed by atoms with Crippen LogP contribution >= 0.6 is 0 Å². The van der Waals surface area contributed by atoms with Gasteiger partial charge in [0.05, 0.1) is 60.5 Å². The van der Waals surface area contributed by atoms with E-state index in [4.69, 9.17) is 24.2 Å². The molecule has 0 radical (unpaired) electrons. The Bertz CT molecular complexity index is 2490. The molecule has 358 valence electrons. The molecule has 15 nitrogen and oxygen atoms in total. The number of methoxy groups -OCH3 is 2. The lowest BCUT2D eigenvalue weighted by Crippen LogP contribution is -2.51. The van der Waals surface area contributed by atoms with Crippen LogP contribution in [0.2, 0.25) is 0 Å². The number of hydrogen-bond donors (Lipinski definition) is 3. The molecule has 1 unspecified atom stereocenters. The Balaban J connectivity index is 1.12. The summed E-state index contributed by atoms with van der Waals surface area (Å²) in [6.45, 7) is 19.7. The molecule has 3 N–H and O–H groups in total. The number of benzene rings is 3.